The van der Waals surface area contributed by atoms with Gasteiger partial charge in [-0.3, -0.25) is 4.79 Å². The van der Waals surface area contributed by atoms with Crippen LogP contribution in [-0.4, -0.2) is 34.3 Å². The van der Waals surface area contributed by atoms with Crippen LogP contribution in [0.3, 0.4) is 0 Å². The Balaban J connectivity index is 2.41. The Morgan fingerprint density at radius 2 is 1.96 bits per heavy atom. The largest absolute Gasteiger partial charge is 0.497 e. The van der Waals surface area contributed by atoms with E-state index in [2.05, 4.69) is 15.0 Å². The van der Waals surface area contributed by atoms with Gasteiger partial charge in [0, 0.05) is 30.4 Å². The molecule has 0 fully saturated rings. The zero-order valence-electron chi connectivity index (χ0n) is 15.5. The van der Waals surface area contributed by atoms with Gasteiger partial charge in [-0.05, 0) is 36.6 Å². The summed E-state index contributed by atoms with van der Waals surface area (Å²) < 4.78 is 11.3. The van der Waals surface area contributed by atoms with Crippen molar-refractivity contribution >= 4 is 29.3 Å². The van der Waals surface area contributed by atoms with E-state index in [0.717, 1.165) is 0 Å². The van der Waals surface area contributed by atoms with Gasteiger partial charge in [0.15, 0.2) is 5.16 Å². The number of esters is 1. The molecule has 6 nitrogen and oxygen atoms in total. The Hall–Kier alpha value is -2.64. The van der Waals surface area contributed by atoms with Gasteiger partial charge in [-0.25, -0.2) is 15.0 Å². The van der Waals surface area contributed by atoms with Crippen LogP contribution in [0.2, 0.25) is 5.15 Å². The summed E-state index contributed by atoms with van der Waals surface area (Å²) >= 11 is 7.84. The van der Waals surface area contributed by atoms with E-state index in [-0.39, 0.29) is 5.15 Å². The maximum absolute atomic E-state index is 12.2. The summed E-state index contributed by atoms with van der Waals surface area (Å²) in [6, 6.07) is 12.4. The SMILES string of the molecule is COc1cccc(C(OC(C)=O)(c2ccnc(SC)n2)c2cccnc2Cl)c1. The number of ether oxygens (including phenoxy) is 2. The number of thioether (sulfide) groups is 1. The molecule has 1 atom stereocenters. The highest BCUT2D eigenvalue weighted by Gasteiger charge is 2.44. The molecule has 2 heterocycles. The summed E-state index contributed by atoms with van der Waals surface area (Å²) in [7, 11) is 1.57. The summed E-state index contributed by atoms with van der Waals surface area (Å²) in [6.45, 7) is 1.34. The van der Waals surface area contributed by atoms with Crippen molar-refractivity contribution in [2.24, 2.45) is 0 Å². The lowest BCUT2D eigenvalue weighted by atomic mass is 9.83. The van der Waals surface area contributed by atoms with Crippen LogP contribution in [0.15, 0.2) is 60.0 Å². The summed E-state index contributed by atoms with van der Waals surface area (Å²) in [6.07, 6.45) is 5.06. The van der Waals surface area contributed by atoms with Crippen LogP contribution >= 0.6 is 23.4 Å². The van der Waals surface area contributed by atoms with Gasteiger partial charge in [0.1, 0.15) is 10.9 Å². The van der Waals surface area contributed by atoms with E-state index in [0.29, 0.717) is 27.7 Å². The smallest absolute Gasteiger partial charge is 0.304 e. The number of hydrogen-bond acceptors (Lipinski definition) is 7. The van der Waals surface area contributed by atoms with Crippen molar-refractivity contribution in [2.75, 3.05) is 13.4 Å². The zero-order valence-corrected chi connectivity index (χ0v) is 17.1. The normalized spacial score (nSPS) is 12.9. The molecule has 0 aliphatic carbocycles. The third kappa shape index (κ3) is 3.81. The Bertz CT molecular complexity index is 952. The van der Waals surface area contributed by atoms with Crippen LogP contribution < -0.4 is 4.74 Å². The lowest BCUT2D eigenvalue weighted by molar-refractivity contribution is -0.151. The molecule has 28 heavy (non-hydrogen) atoms. The summed E-state index contributed by atoms with van der Waals surface area (Å²) in [4.78, 5) is 25.3. The predicted octanol–water partition coefficient (Wildman–Crippen LogP) is 4.11. The fourth-order valence-corrected chi connectivity index (χ4v) is 3.56. The highest BCUT2D eigenvalue weighted by Crippen LogP contribution is 2.43. The van der Waals surface area contributed by atoms with Crippen LogP contribution in [0.1, 0.15) is 23.7 Å². The van der Waals surface area contributed by atoms with Gasteiger partial charge in [-0.15, -0.1) is 0 Å². The second-order valence-electron chi connectivity index (χ2n) is 5.78. The molecule has 3 aromatic rings. The van der Waals surface area contributed by atoms with Crippen molar-refractivity contribution in [3.05, 3.63) is 76.8 Å². The zero-order chi connectivity index (χ0) is 20.1. The second kappa shape index (κ2) is 8.58. The Morgan fingerprint density at radius 1 is 1.14 bits per heavy atom. The van der Waals surface area contributed by atoms with Crippen LogP contribution in [0.4, 0.5) is 0 Å². The minimum Gasteiger partial charge on any atom is -0.497 e. The average molecular weight is 416 g/mol. The van der Waals surface area contributed by atoms with Crippen molar-refractivity contribution in [3.8, 4) is 5.75 Å². The molecule has 0 aliphatic rings. The number of carbonyl (C=O) groups excluding carboxylic acids is 1. The van der Waals surface area contributed by atoms with Crippen molar-refractivity contribution in [3.63, 3.8) is 0 Å². The molecule has 2 aromatic heterocycles. The van der Waals surface area contributed by atoms with Gasteiger partial charge in [0.2, 0.25) is 5.60 Å². The number of carbonyl (C=O) groups is 1. The molecule has 0 saturated carbocycles. The summed E-state index contributed by atoms with van der Waals surface area (Å²) in [5, 5.41) is 0.743. The molecule has 1 aromatic carbocycles. The van der Waals surface area contributed by atoms with Crippen molar-refractivity contribution in [1.82, 2.24) is 15.0 Å². The molecule has 0 radical (unpaired) electrons. The molecule has 3 rings (SSSR count). The molecule has 0 bridgehead atoms. The van der Waals surface area contributed by atoms with Gasteiger partial charge in [-0.2, -0.15) is 0 Å². The van der Waals surface area contributed by atoms with E-state index in [1.165, 1.54) is 18.7 Å². The van der Waals surface area contributed by atoms with Crippen molar-refractivity contribution in [1.29, 1.82) is 0 Å². The summed E-state index contributed by atoms with van der Waals surface area (Å²) in [5.41, 5.74) is 0.165. The standard InChI is InChI=1S/C20H18ClN3O3S/c1-13(25)27-20(16-8-5-10-22-18(16)21,14-6-4-7-15(12-14)26-2)17-9-11-23-19(24-17)28-3/h4-12H,1-3H3. The molecule has 0 spiro atoms. The second-order valence-corrected chi connectivity index (χ2v) is 6.91. The molecular weight excluding hydrogens is 398 g/mol. The van der Waals surface area contributed by atoms with Gasteiger partial charge in [-0.1, -0.05) is 35.5 Å². The van der Waals surface area contributed by atoms with E-state index in [4.69, 9.17) is 21.1 Å². The third-order valence-corrected chi connectivity index (χ3v) is 4.95. The lowest BCUT2D eigenvalue weighted by Gasteiger charge is -2.34. The number of rotatable bonds is 6. The highest BCUT2D eigenvalue weighted by atomic mass is 35.5. The molecule has 144 valence electrons. The maximum Gasteiger partial charge on any atom is 0.304 e. The number of aromatic nitrogens is 3. The first-order valence-corrected chi connectivity index (χ1v) is 9.94. The van der Waals surface area contributed by atoms with E-state index in [1.807, 2.05) is 18.4 Å². The number of pyridine rings is 1. The molecule has 0 N–H and O–H groups in total. The molecule has 1 unspecified atom stereocenters. The fraction of sp³-hybridized carbons (Fsp3) is 0.200. The highest BCUT2D eigenvalue weighted by molar-refractivity contribution is 7.98. The van der Waals surface area contributed by atoms with Crippen molar-refractivity contribution in [2.45, 2.75) is 17.7 Å². The minimum absolute atomic E-state index is 0.205. The third-order valence-electron chi connectivity index (χ3n) is 4.09. The van der Waals surface area contributed by atoms with Gasteiger partial charge in [0.05, 0.1) is 12.8 Å². The molecular formula is C20H18ClN3O3S. The quantitative estimate of drug-likeness (QED) is 0.259. The number of benzene rings is 1. The van der Waals surface area contributed by atoms with Gasteiger partial charge in [0.25, 0.3) is 0 Å². The Morgan fingerprint density at radius 3 is 2.64 bits per heavy atom. The van der Waals surface area contributed by atoms with Crippen molar-refractivity contribution < 1.29 is 14.3 Å². The summed E-state index contributed by atoms with van der Waals surface area (Å²) in [5.74, 6) is 0.111. The maximum atomic E-state index is 12.2. The van der Waals surface area contributed by atoms with Crippen LogP contribution in [0, 0.1) is 0 Å². The fourth-order valence-electron chi connectivity index (χ4n) is 2.95. The lowest BCUT2D eigenvalue weighted by Crippen LogP contribution is -2.36. The van der Waals surface area contributed by atoms with Gasteiger partial charge < -0.3 is 9.47 Å². The Kier molecular flexibility index (Phi) is 6.16. The monoisotopic (exact) mass is 415 g/mol. The topological polar surface area (TPSA) is 74.2 Å². The van der Waals surface area contributed by atoms with Crippen LogP contribution in [-0.2, 0) is 15.1 Å². The first kappa shape index (κ1) is 20.1. The number of methoxy groups -OCH3 is 1. The molecule has 0 amide bonds. The van der Waals surface area contributed by atoms with E-state index in [1.54, 1.807) is 49.8 Å². The Labute approximate surface area is 172 Å². The molecule has 8 heteroatoms. The first-order chi connectivity index (χ1) is 13.5. The number of hydrogen-bond donors (Lipinski definition) is 0. The van der Waals surface area contributed by atoms with Crippen LogP contribution in [0.25, 0.3) is 0 Å². The average Bonchev–Trinajstić information content (AvgIpc) is 2.72. The number of nitrogens with zero attached hydrogens (tertiary/aromatic N) is 3. The van der Waals surface area contributed by atoms with E-state index in [9.17, 15) is 4.79 Å². The molecule has 0 saturated heterocycles. The van der Waals surface area contributed by atoms with Crippen LogP contribution in [0.5, 0.6) is 5.75 Å². The van der Waals surface area contributed by atoms with Gasteiger partial charge >= 0.3 is 5.97 Å². The van der Waals surface area contributed by atoms with E-state index < -0.39 is 11.6 Å². The van der Waals surface area contributed by atoms with E-state index >= 15 is 0 Å². The number of halogens is 1. The molecule has 0 aliphatic heterocycles. The first-order valence-electron chi connectivity index (χ1n) is 8.34. The predicted molar refractivity (Wildman–Crippen MR) is 108 cm³/mol. The minimum atomic E-state index is -1.42.